The molecule has 1 saturated heterocycles. The summed E-state index contributed by atoms with van der Waals surface area (Å²) in [6.45, 7) is 0.365. The van der Waals surface area contributed by atoms with Crippen molar-refractivity contribution in [3.8, 4) is 0 Å². The second-order valence-electron chi connectivity index (χ2n) is 10.1. The monoisotopic (exact) mass is 511 g/mol. The number of anilines is 2. The van der Waals surface area contributed by atoms with E-state index in [1.54, 1.807) is 9.80 Å². The molecule has 1 aliphatic carbocycles. The fourth-order valence-electron chi connectivity index (χ4n) is 5.89. The van der Waals surface area contributed by atoms with Crippen LogP contribution in [0.3, 0.4) is 0 Å². The number of nitrogens with zero attached hydrogens (tertiary/aromatic N) is 3. The molecular weight excluding hydrogens is 478 g/mol. The van der Waals surface area contributed by atoms with E-state index >= 15 is 0 Å². The molecule has 3 aromatic rings. The summed E-state index contributed by atoms with van der Waals surface area (Å²) < 4.78 is 0. The Morgan fingerprint density at radius 2 is 1.26 bits per heavy atom. The minimum absolute atomic E-state index is 0.0685. The summed E-state index contributed by atoms with van der Waals surface area (Å²) in [7, 11) is 0. The van der Waals surface area contributed by atoms with Crippen molar-refractivity contribution in [2.45, 2.75) is 43.6 Å². The van der Waals surface area contributed by atoms with Crippen LogP contribution in [0.15, 0.2) is 91.0 Å². The highest BCUT2D eigenvalue weighted by Crippen LogP contribution is 2.42. The van der Waals surface area contributed by atoms with Crippen molar-refractivity contribution < 1.29 is 19.5 Å². The molecule has 1 aliphatic heterocycles. The minimum Gasteiger partial charge on any atom is -0.480 e. The summed E-state index contributed by atoms with van der Waals surface area (Å²) in [6, 6.07) is 27.0. The zero-order valence-electron chi connectivity index (χ0n) is 21.4. The molecule has 0 unspecified atom stereocenters. The van der Waals surface area contributed by atoms with Crippen LogP contribution in [0.25, 0.3) is 0 Å². The molecule has 0 spiro atoms. The lowest BCUT2D eigenvalue weighted by Crippen LogP contribution is -2.63. The maximum atomic E-state index is 14.2. The number of benzene rings is 3. The Bertz CT molecular complexity index is 1220. The highest BCUT2D eigenvalue weighted by Gasteiger charge is 2.48. The normalized spacial score (nSPS) is 19.0. The van der Waals surface area contributed by atoms with Gasteiger partial charge in [0.2, 0.25) is 5.91 Å². The van der Waals surface area contributed by atoms with Crippen LogP contribution < -0.4 is 4.90 Å². The van der Waals surface area contributed by atoms with Crippen LogP contribution in [0.4, 0.5) is 16.2 Å². The second-order valence-corrected chi connectivity index (χ2v) is 10.1. The first kappa shape index (κ1) is 25.5. The van der Waals surface area contributed by atoms with Crippen LogP contribution >= 0.6 is 0 Å². The van der Waals surface area contributed by atoms with Gasteiger partial charge in [0.1, 0.15) is 6.04 Å². The summed E-state index contributed by atoms with van der Waals surface area (Å²) in [5.74, 6) is -1.23. The molecular formula is C31H33N3O4. The summed E-state index contributed by atoms with van der Waals surface area (Å²) in [5.41, 5.74) is 1.62. The van der Waals surface area contributed by atoms with Gasteiger partial charge in [0.15, 0.2) is 0 Å². The van der Waals surface area contributed by atoms with Crippen LogP contribution in [0.1, 0.15) is 37.7 Å². The smallest absolute Gasteiger partial charge is 0.329 e. The number of para-hydroxylation sites is 2. The van der Waals surface area contributed by atoms with E-state index in [-0.39, 0.29) is 31.6 Å². The zero-order valence-corrected chi connectivity index (χ0v) is 21.4. The van der Waals surface area contributed by atoms with Gasteiger partial charge < -0.3 is 14.9 Å². The number of urea groups is 1. The molecule has 5 rings (SSSR count). The molecule has 38 heavy (non-hydrogen) atoms. The Hall–Kier alpha value is -4.13. The predicted octanol–water partition coefficient (Wildman–Crippen LogP) is 5.44. The Morgan fingerprint density at radius 1 is 0.737 bits per heavy atom. The third-order valence-corrected chi connectivity index (χ3v) is 7.86. The number of rotatable bonds is 5. The van der Waals surface area contributed by atoms with Gasteiger partial charge in [0.05, 0.1) is 23.3 Å². The van der Waals surface area contributed by atoms with Crippen LogP contribution in [0, 0.1) is 0 Å². The molecule has 7 heteroatoms. The van der Waals surface area contributed by atoms with E-state index in [4.69, 9.17) is 0 Å². The van der Waals surface area contributed by atoms with Crippen molar-refractivity contribution in [1.29, 1.82) is 0 Å². The first-order valence-electron chi connectivity index (χ1n) is 13.3. The zero-order chi connectivity index (χ0) is 26.5. The molecule has 0 aromatic heterocycles. The number of carbonyl (C=O) groups excluding carboxylic acids is 2. The van der Waals surface area contributed by atoms with Crippen molar-refractivity contribution in [2.75, 3.05) is 24.5 Å². The number of carbonyl (C=O) groups is 3. The molecule has 2 fully saturated rings. The van der Waals surface area contributed by atoms with Gasteiger partial charge in [-0.25, -0.2) is 9.59 Å². The van der Waals surface area contributed by atoms with Gasteiger partial charge in [-0.15, -0.1) is 0 Å². The molecule has 1 heterocycles. The molecule has 3 amide bonds. The molecule has 3 aromatic carbocycles. The highest BCUT2D eigenvalue weighted by atomic mass is 16.4. The minimum atomic E-state index is -1.11. The maximum absolute atomic E-state index is 14.2. The molecule has 2 aliphatic rings. The Morgan fingerprint density at radius 3 is 1.79 bits per heavy atom. The summed E-state index contributed by atoms with van der Waals surface area (Å²) in [6.07, 6.45) is 4.34. The standard InChI is InChI=1S/C31H33N3O4/c35-28(36)27-23-32(30(38)34(25-15-7-2-8-16-25)26-17-9-3-10-18-26)21-22-33(27)29(37)31(19-11-4-12-20-31)24-13-5-1-6-14-24/h1-3,5-10,13-18,27H,4,11-12,19-23H2,(H,35,36)/t27-/m0/s1. The summed E-state index contributed by atoms with van der Waals surface area (Å²) in [5, 5.41) is 10.2. The van der Waals surface area contributed by atoms with Gasteiger partial charge in [-0.2, -0.15) is 0 Å². The lowest BCUT2D eigenvalue weighted by molar-refractivity contribution is -0.156. The fourth-order valence-corrected chi connectivity index (χ4v) is 5.89. The summed E-state index contributed by atoms with van der Waals surface area (Å²) in [4.78, 5) is 45.3. The van der Waals surface area contributed by atoms with E-state index < -0.39 is 17.4 Å². The predicted molar refractivity (Wildman–Crippen MR) is 146 cm³/mol. The number of carboxylic acid groups (broad SMARTS) is 1. The Kier molecular flexibility index (Phi) is 7.45. The molecule has 0 radical (unpaired) electrons. The van der Waals surface area contributed by atoms with Crippen LogP contribution in [0.2, 0.25) is 0 Å². The van der Waals surface area contributed by atoms with Crippen LogP contribution in [0.5, 0.6) is 0 Å². The number of aliphatic carboxylic acids is 1. The SMILES string of the molecule is O=C(O)[C@@H]1CN(C(=O)N(c2ccccc2)c2ccccc2)CCN1C(=O)C1(c2ccccc2)CCCCC1. The number of amides is 3. The van der Waals surface area contributed by atoms with E-state index in [2.05, 4.69) is 0 Å². The first-order chi connectivity index (χ1) is 18.5. The Labute approximate surface area is 223 Å². The van der Waals surface area contributed by atoms with Crippen LogP contribution in [-0.4, -0.2) is 58.5 Å². The lowest BCUT2D eigenvalue weighted by Gasteiger charge is -2.46. The van der Waals surface area contributed by atoms with E-state index in [0.29, 0.717) is 24.2 Å². The van der Waals surface area contributed by atoms with Gasteiger partial charge >= 0.3 is 12.0 Å². The number of hydrogen-bond acceptors (Lipinski definition) is 3. The molecule has 0 bridgehead atoms. The van der Waals surface area contributed by atoms with Crippen molar-refractivity contribution in [1.82, 2.24) is 9.80 Å². The van der Waals surface area contributed by atoms with E-state index in [1.807, 2.05) is 91.0 Å². The van der Waals surface area contributed by atoms with Gasteiger partial charge in [0.25, 0.3) is 0 Å². The first-order valence-corrected chi connectivity index (χ1v) is 13.3. The van der Waals surface area contributed by atoms with Gasteiger partial charge in [-0.1, -0.05) is 86.0 Å². The largest absolute Gasteiger partial charge is 0.480 e. The topological polar surface area (TPSA) is 81.2 Å². The Balaban J connectivity index is 1.43. The quantitative estimate of drug-likeness (QED) is 0.494. The molecule has 1 atom stereocenters. The molecule has 7 nitrogen and oxygen atoms in total. The fraction of sp³-hybridized carbons (Fsp3) is 0.323. The van der Waals surface area contributed by atoms with Crippen molar-refractivity contribution >= 4 is 29.3 Å². The van der Waals surface area contributed by atoms with E-state index in [0.717, 1.165) is 24.8 Å². The third-order valence-electron chi connectivity index (χ3n) is 7.86. The van der Waals surface area contributed by atoms with E-state index in [1.165, 1.54) is 4.90 Å². The van der Waals surface area contributed by atoms with Gasteiger partial charge in [-0.3, -0.25) is 9.69 Å². The van der Waals surface area contributed by atoms with Crippen molar-refractivity contribution in [2.24, 2.45) is 0 Å². The number of piperazine rings is 1. The number of carboxylic acids is 1. The highest BCUT2D eigenvalue weighted by molar-refractivity contribution is 6.00. The van der Waals surface area contributed by atoms with Crippen molar-refractivity contribution in [3.05, 3.63) is 96.6 Å². The second kappa shape index (κ2) is 11.1. The molecule has 1 saturated carbocycles. The van der Waals surface area contributed by atoms with Gasteiger partial charge in [-0.05, 0) is 42.7 Å². The number of hydrogen-bond donors (Lipinski definition) is 1. The average Bonchev–Trinajstić information content (AvgIpc) is 2.98. The summed E-state index contributed by atoms with van der Waals surface area (Å²) >= 11 is 0. The molecule has 196 valence electrons. The lowest BCUT2D eigenvalue weighted by atomic mass is 9.68. The van der Waals surface area contributed by atoms with Gasteiger partial charge in [0, 0.05) is 13.1 Å². The van der Waals surface area contributed by atoms with E-state index in [9.17, 15) is 19.5 Å². The third kappa shape index (κ3) is 4.88. The average molecular weight is 512 g/mol. The van der Waals surface area contributed by atoms with Crippen LogP contribution in [-0.2, 0) is 15.0 Å². The maximum Gasteiger partial charge on any atom is 0.329 e. The molecule has 1 N–H and O–H groups in total. The van der Waals surface area contributed by atoms with Crippen molar-refractivity contribution in [3.63, 3.8) is 0 Å².